The molecular weight excluding hydrogens is 295 g/mol. The van der Waals surface area contributed by atoms with Gasteiger partial charge in [-0.2, -0.15) is 0 Å². The highest BCUT2D eigenvalue weighted by atomic mass is 35.5. The van der Waals surface area contributed by atoms with Gasteiger partial charge in [-0.15, -0.1) is 0 Å². The summed E-state index contributed by atoms with van der Waals surface area (Å²) in [4.78, 5) is 10.6. The van der Waals surface area contributed by atoms with Gasteiger partial charge in [0.15, 0.2) is 0 Å². The van der Waals surface area contributed by atoms with Crippen LogP contribution in [0.4, 0.5) is 4.39 Å². The number of hydrogen-bond donors (Lipinski definition) is 1. The highest BCUT2D eigenvalue weighted by Crippen LogP contribution is 2.33. The second-order valence-corrected chi connectivity index (χ2v) is 4.74. The number of halogens is 2. The first kappa shape index (κ1) is 15.1. The Hall–Kier alpha value is -2.33. The van der Waals surface area contributed by atoms with Crippen molar-refractivity contribution in [2.45, 2.75) is 6.92 Å². The number of carboxylic acid groups (broad SMARTS) is 1. The smallest absolute Gasteiger partial charge is 0.328 e. The molecule has 0 aliphatic carbocycles. The van der Waals surface area contributed by atoms with Crippen LogP contribution in [0.25, 0.3) is 6.08 Å². The summed E-state index contributed by atoms with van der Waals surface area (Å²) in [6.07, 6.45) is 2.31. The van der Waals surface area contributed by atoms with Crippen molar-refractivity contribution in [3.05, 3.63) is 64.4 Å². The van der Waals surface area contributed by atoms with Gasteiger partial charge in [0, 0.05) is 17.7 Å². The number of aryl methyl sites for hydroxylation is 1. The van der Waals surface area contributed by atoms with E-state index in [4.69, 9.17) is 21.4 Å². The Bertz CT molecular complexity index is 711. The molecule has 1 N–H and O–H groups in total. The molecule has 0 spiro atoms. The van der Waals surface area contributed by atoms with Crippen LogP contribution in [0, 0.1) is 12.7 Å². The van der Waals surface area contributed by atoms with E-state index in [1.807, 2.05) is 0 Å². The molecule has 0 atom stereocenters. The minimum atomic E-state index is -1.09. The molecule has 0 bridgehead atoms. The minimum Gasteiger partial charge on any atom is -0.478 e. The molecule has 5 heteroatoms. The molecule has 0 fully saturated rings. The molecule has 0 saturated carbocycles. The molecule has 108 valence electrons. The summed E-state index contributed by atoms with van der Waals surface area (Å²) in [5.74, 6) is -0.806. The van der Waals surface area contributed by atoms with Crippen LogP contribution in [-0.4, -0.2) is 11.1 Å². The van der Waals surface area contributed by atoms with Gasteiger partial charge in [0.05, 0.1) is 5.02 Å². The summed E-state index contributed by atoms with van der Waals surface area (Å²) in [7, 11) is 0. The van der Waals surface area contributed by atoms with Crippen molar-refractivity contribution >= 4 is 23.6 Å². The maximum atomic E-state index is 13.3. The predicted molar refractivity (Wildman–Crippen MR) is 79.3 cm³/mol. The number of benzene rings is 2. The number of ether oxygens (including phenoxy) is 1. The maximum absolute atomic E-state index is 13.3. The Morgan fingerprint density at radius 1 is 1.29 bits per heavy atom. The van der Waals surface area contributed by atoms with E-state index in [2.05, 4.69) is 0 Å². The van der Waals surface area contributed by atoms with E-state index in [-0.39, 0.29) is 0 Å². The van der Waals surface area contributed by atoms with Crippen molar-refractivity contribution in [2.24, 2.45) is 0 Å². The maximum Gasteiger partial charge on any atom is 0.328 e. The van der Waals surface area contributed by atoms with Crippen molar-refractivity contribution < 1.29 is 19.0 Å². The first-order valence-corrected chi connectivity index (χ1v) is 6.48. The molecule has 2 rings (SSSR count). The number of carboxylic acids is 1. The highest BCUT2D eigenvalue weighted by Gasteiger charge is 2.09. The average molecular weight is 307 g/mol. The zero-order chi connectivity index (χ0) is 15.4. The first-order valence-electron chi connectivity index (χ1n) is 6.11. The third-order valence-corrected chi connectivity index (χ3v) is 3.11. The van der Waals surface area contributed by atoms with Crippen molar-refractivity contribution in [1.82, 2.24) is 0 Å². The Labute approximate surface area is 126 Å². The first-order chi connectivity index (χ1) is 9.97. The van der Waals surface area contributed by atoms with Crippen LogP contribution in [0.5, 0.6) is 11.5 Å². The van der Waals surface area contributed by atoms with Crippen molar-refractivity contribution in [3.8, 4) is 11.5 Å². The van der Waals surface area contributed by atoms with Crippen LogP contribution in [0.2, 0.25) is 5.02 Å². The van der Waals surface area contributed by atoms with E-state index in [0.717, 1.165) is 11.6 Å². The molecule has 3 nitrogen and oxygen atoms in total. The molecule has 2 aromatic carbocycles. The van der Waals surface area contributed by atoms with E-state index in [0.29, 0.717) is 22.1 Å². The van der Waals surface area contributed by atoms with Gasteiger partial charge in [-0.05, 0) is 36.8 Å². The standard InChI is InChI=1S/C16H12ClFO3/c1-10-5-6-11(18)9-15(10)21-14-4-2-3-13(17)12(14)7-8-16(19)20/h2-9H,1H3,(H,19,20)/b8-7+. The predicted octanol–water partition coefficient (Wildman–Crippen LogP) is 4.68. The van der Waals surface area contributed by atoms with Crippen LogP contribution in [0.3, 0.4) is 0 Å². The summed E-state index contributed by atoms with van der Waals surface area (Å²) in [5, 5.41) is 9.05. The lowest BCUT2D eigenvalue weighted by Gasteiger charge is -2.12. The third-order valence-electron chi connectivity index (χ3n) is 2.78. The summed E-state index contributed by atoms with van der Waals surface area (Å²) < 4.78 is 19.0. The third kappa shape index (κ3) is 3.83. The number of aliphatic carboxylic acids is 1. The van der Waals surface area contributed by atoms with E-state index < -0.39 is 11.8 Å². The monoisotopic (exact) mass is 306 g/mol. The average Bonchev–Trinajstić information content (AvgIpc) is 2.42. The molecule has 0 heterocycles. The molecular formula is C16H12ClFO3. The van der Waals surface area contributed by atoms with Gasteiger partial charge in [-0.25, -0.2) is 9.18 Å². The molecule has 2 aromatic rings. The second kappa shape index (κ2) is 6.41. The summed E-state index contributed by atoms with van der Waals surface area (Å²) in [6, 6.07) is 9.13. The molecule has 0 radical (unpaired) electrons. The van der Waals surface area contributed by atoms with Gasteiger partial charge in [-0.1, -0.05) is 23.7 Å². The lowest BCUT2D eigenvalue weighted by molar-refractivity contribution is -0.131. The van der Waals surface area contributed by atoms with Gasteiger partial charge in [0.1, 0.15) is 17.3 Å². The molecule has 0 aliphatic heterocycles. The highest BCUT2D eigenvalue weighted by molar-refractivity contribution is 6.32. The van der Waals surface area contributed by atoms with Crippen molar-refractivity contribution in [2.75, 3.05) is 0 Å². The van der Waals surface area contributed by atoms with Crippen molar-refractivity contribution in [3.63, 3.8) is 0 Å². The Balaban J connectivity index is 2.42. The van der Waals surface area contributed by atoms with Crippen LogP contribution in [0.1, 0.15) is 11.1 Å². The SMILES string of the molecule is Cc1ccc(F)cc1Oc1cccc(Cl)c1/C=C/C(=O)O. The largest absolute Gasteiger partial charge is 0.478 e. The van der Waals surface area contributed by atoms with Crippen LogP contribution < -0.4 is 4.74 Å². The zero-order valence-corrected chi connectivity index (χ0v) is 11.9. The van der Waals surface area contributed by atoms with E-state index in [9.17, 15) is 9.18 Å². The second-order valence-electron chi connectivity index (χ2n) is 4.34. The minimum absolute atomic E-state index is 0.346. The van der Waals surface area contributed by atoms with Gasteiger partial charge >= 0.3 is 5.97 Å². The lowest BCUT2D eigenvalue weighted by Crippen LogP contribution is -1.93. The van der Waals surface area contributed by atoms with E-state index in [1.165, 1.54) is 18.2 Å². The fourth-order valence-corrected chi connectivity index (χ4v) is 1.95. The topological polar surface area (TPSA) is 46.5 Å². The van der Waals surface area contributed by atoms with Crippen LogP contribution >= 0.6 is 11.6 Å². The Morgan fingerprint density at radius 2 is 2.05 bits per heavy atom. The fraction of sp³-hybridized carbons (Fsp3) is 0.0625. The van der Waals surface area contributed by atoms with Crippen LogP contribution in [-0.2, 0) is 4.79 Å². The quantitative estimate of drug-likeness (QED) is 0.834. The van der Waals surface area contributed by atoms with Gasteiger partial charge in [0.25, 0.3) is 0 Å². The van der Waals surface area contributed by atoms with Crippen LogP contribution in [0.15, 0.2) is 42.5 Å². The molecule has 0 aliphatic rings. The fourth-order valence-electron chi connectivity index (χ4n) is 1.72. The zero-order valence-electron chi connectivity index (χ0n) is 11.1. The number of carbonyl (C=O) groups is 1. The summed E-state index contributed by atoms with van der Waals surface area (Å²) in [5.41, 5.74) is 1.18. The van der Waals surface area contributed by atoms with E-state index >= 15 is 0 Å². The van der Waals surface area contributed by atoms with Crippen molar-refractivity contribution in [1.29, 1.82) is 0 Å². The Kier molecular flexibility index (Phi) is 4.60. The van der Waals surface area contributed by atoms with E-state index in [1.54, 1.807) is 31.2 Å². The van der Waals surface area contributed by atoms with Gasteiger partial charge in [-0.3, -0.25) is 0 Å². The molecule has 0 amide bonds. The summed E-state index contributed by atoms with van der Waals surface area (Å²) >= 11 is 6.05. The Morgan fingerprint density at radius 3 is 2.76 bits per heavy atom. The molecule has 0 saturated heterocycles. The summed E-state index contributed by atoms with van der Waals surface area (Å²) in [6.45, 7) is 1.78. The van der Waals surface area contributed by atoms with Gasteiger partial charge < -0.3 is 9.84 Å². The molecule has 0 aromatic heterocycles. The van der Waals surface area contributed by atoms with Gasteiger partial charge in [0.2, 0.25) is 0 Å². The molecule has 0 unspecified atom stereocenters. The lowest BCUT2D eigenvalue weighted by atomic mass is 10.1. The molecule has 21 heavy (non-hydrogen) atoms. The number of hydrogen-bond acceptors (Lipinski definition) is 2. The number of rotatable bonds is 4. The normalized spacial score (nSPS) is 10.8.